The third-order valence-electron chi connectivity index (χ3n) is 10.9. The van der Waals surface area contributed by atoms with E-state index in [9.17, 15) is 19.2 Å². The van der Waals surface area contributed by atoms with Crippen molar-refractivity contribution < 1.29 is 23.9 Å². The second kappa shape index (κ2) is 13.4. The minimum Gasteiger partial charge on any atom is -0.376 e. The number of ether oxygens (including phenoxy) is 1. The zero-order valence-corrected chi connectivity index (χ0v) is 28.2. The molecule has 2 N–H and O–H groups in total. The first-order valence-corrected chi connectivity index (χ1v) is 17.3. The van der Waals surface area contributed by atoms with Crippen molar-refractivity contribution in [3.63, 3.8) is 0 Å². The second-order valence-electron chi connectivity index (χ2n) is 15.2. The fourth-order valence-electron chi connectivity index (χ4n) is 7.75. The van der Waals surface area contributed by atoms with Gasteiger partial charge < -0.3 is 25.2 Å². The topological polar surface area (TPSA) is 126 Å². The van der Waals surface area contributed by atoms with Crippen molar-refractivity contribution in [3.8, 4) is 0 Å². The molecule has 2 saturated heterocycles. The van der Waals surface area contributed by atoms with E-state index >= 15 is 0 Å². The molecule has 1 unspecified atom stereocenters. The lowest BCUT2D eigenvalue weighted by Crippen LogP contribution is -2.68. The van der Waals surface area contributed by atoms with E-state index in [0.717, 1.165) is 24.8 Å². The van der Waals surface area contributed by atoms with E-state index in [1.807, 2.05) is 42.2 Å². The molecule has 2 aliphatic heterocycles. The summed E-state index contributed by atoms with van der Waals surface area (Å²) in [7, 11) is 0. The van der Waals surface area contributed by atoms with Gasteiger partial charge in [0.15, 0.2) is 0 Å². The molecule has 4 amide bonds. The number of nitrogens with one attached hydrogen (secondary N) is 2. The molecule has 2 aliphatic carbocycles. The summed E-state index contributed by atoms with van der Waals surface area (Å²) in [5.41, 5.74) is 1.11. The monoisotopic (exact) mass is 646 g/mol. The number of hydrogen-bond acceptors (Lipinski definition) is 6. The Morgan fingerprint density at radius 2 is 1.70 bits per heavy atom. The first kappa shape index (κ1) is 33.2. The molecule has 4 atom stereocenters. The molecule has 3 heterocycles. The van der Waals surface area contributed by atoms with Crippen LogP contribution in [0.15, 0.2) is 42.7 Å². The van der Waals surface area contributed by atoms with Gasteiger partial charge in [-0.1, -0.05) is 63.4 Å². The summed E-state index contributed by atoms with van der Waals surface area (Å²) < 4.78 is 7.94. The van der Waals surface area contributed by atoms with Crippen molar-refractivity contribution in [2.75, 3.05) is 32.8 Å². The highest BCUT2D eigenvalue weighted by Gasteiger charge is 2.60. The number of likely N-dealkylation sites (tertiary alicyclic amines) is 2. The molecular formula is C36H50N6O5. The Balaban J connectivity index is 1.15. The third-order valence-corrected chi connectivity index (χ3v) is 10.9. The van der Waals surface area contributed by atoms with Crippen LogP contribution in [-0.2, 0) is 25.7 Å². The number of hydrogen-bond donors (Lipinski definition) is 2. The molecule has 1 aromatic carbocycles. The molecule has 4 aliphatic rings. The average Bonchev–Trinajstić information content (AvgIpc) is 3.32. The molecule has 11 nitrogen and oxygen atoms in total. The highest BCUT2D eigenvalue weighted by Crippen LogP contribution is 2.54. The molecule has 0 bridgehead atoms. The maximum Gasteiger partial charge on any atom is 0.257 e. The SMILES string of the molecule is CC(=O)N[C@@H](C(=O)NC1CN(C(=O)c2cnn(Cc3ccccc3)c2)CC12CN(C(=O)[C@H]1CC1(C)C)C2)[C@H](C)OCC1CCCCC1. The summed E-state index contributed by atoms with van der Waals surface area (Å²) in [5.74, 6) is -0.157. The number of nitrogens with zero attached hydrogens (tertiary/aromatic N) is 4. The van der Waals surface area contributed by atoms with Crippen LogP contribution < -0.4 is 10.6 Å². The lowest BCUT2D eigenvalue weighted by Gasteiger charge is -2.51. The van der Waals surface area contributed by atoms with Gasteiger partial charge in [0.2, 0.25) is 17.7 Å². The van der Waals surface area contributed by atoms with Crippen molar-refractivity contribution in [2.45, 2.75) is 91.0 Å². The van der Waals surface area contributed by atoms with Gasteiger partial charge in [-0.25, -0.2) is 0 Å². The first-order chi connectivity index (χ1) is 22.4. The summed E-state index contributed by atoms with van der Waals surface area (Å²) in [6.07, 6.45) is 9.60. The van der Waals surface area contributed by atoms with Crippen LogP contribution in [0.1, 0.15) is 82.1 Å². The van der Waals surface area contributed by atoms with Gasteiger partial charge in [-0.3, -0.25) is 23.9 Å². The van der Waals surface area contributed by atoms with Crippen molar-refractivity contribution in [1.82, 2.24) is 30.2 Å². The standard InChI is InChI=1S/C36H50N6O5/c1-24(47-20-27-13-9-6-10-14-27)31(38-25(2)43)32(44)39-30-19-40(21-36(30)22-41(23-36)34(46)29-15-35(29,3)4)33(45)28-16-37-42(18-28)17-26-11-7-5-8-12-26/h5,7-8,11-12,16,18,24,27,29-31H,6,9-10,13-15,17,19-23H2,1-4H3,(H,38,43)(H,39,44)/t24-,29+,30?,31+/m0/s1. The minimum absolute atomic E-state index is 0.0182. The van der Waals surface area contributed by atoms with Crippen LogP contribution in [0.25, 0.3) is 0 Å². The Morgan fingerprint density at radius 3 is 2.36 bits per heavy atom. The van der Waals surface area contributed by atoms with Crippen molar-refractivity contribution in [1.29, 1.82) is 0 Å². The van der Waals surface area contributed by atoms with Crippen LogP contribution in [0.3, 0.4) is 0 Å². The van der Waals surface area contributed by atoms with Crippen LogP contribution in [0.4, 0.5) is 0 Å². The average molecular weight is 647 g/mol. The van der Waals surface area contributed by atoms with E-state index in [0.29, 0.717) is 50.8 Å². The van der Waals surface area contributed by atoms with E-state index < -0.39 is 23.6 Å². The Bertz CT molecular complexity index is 1460. The van der Waals surface area contributed by atoms with E-state index in [-0.39, 0.29) is 35.0 Å². The normalized spacial score (nSPS) is 24.3. The predicted molar refractivity (Wildman–Crippen MR) is 176 cm³/mol. The molecule has 4 fully saturated rings. The van der Waals surface area contributed by atoms with Crippen LogP contribution in [0, 0.1) is 22.7 Å². The van der Waals surface area contributed by atoms with E-state index in [1.165, 1.54) is 26.2 Å². The maximum atomic E-state index is 13.9. The number of benzene rings is 1. The highest BCUT2D eigenvalue weighted by atomic mass is 16.5. The van der Waals surface area contributed by atoms with Crippen LogP contribution in [0.5, 0.6) is 0 Å². The van der Waals surface area contributed by atoms with Gasteiger partial charge in [0.25, 0.3) is 5.91 Å². The third kappa shape index (κ3) is 7.40. The lowest BCUT2D eigenvalue weighted by atomic mass is 9.75. The smallest absolute Gasteiger partial charge is 0.257 e. The summed E-state index contributed by atoms with van der Waals surface area (Å²) in [4.78, 5) is 56.8. The molecule has 2 aromatic rings. The maximum absolute atomic E-state index is 13.9. The van der Waals surface area contributed by atoms with Gasteiger partial charge in [-0.15, -0.1) is 0 Å². The Hall–Kier alpha value is -3.73. The van der Waals surface area contributed by atoms with Crippen LogP contribution in [-0.4, -0.2) is 94.2 Å². The largest absolute Gasteiger partial charge is 0.376 e. The predicted octanol–water partition coefficient (Wildman–Crippen LogP) is 3.24. The first-order valence-electron chi connectivity index (χ1n) is 17.3. The van der Waals surface area contributed by atoms with Gasteiger partial charge in [0.05, 0.1) is 30.5 Å². The number of rotatable bonds is 11. The second-order valence-corrected chi connectivity index (χ2v) is 15.2. The van der Waals surface area contributed by atoms with Crippen molar-refractivity contribution in [3.05, 3.63) is 53.9 Å². The fourth-order valence-corrected chi connectivity index (χ4v) is 7.75. The minimum atomic E-state index is -0.876. The van der Waals surface area contributed by atoms with E-state index in [1.54, 1.807) is 22.0 Å². The number of amides is 4. The van der Waals surface area contributed by atoms with E-state index in [2.05, 4.69) is 29.6 Å². The number of carbonyl (C=O) groups excluding carboxylic acids is 4. The van der Waals surface area contributed by atoms with Crippen LogP contribution in [0.2, 0.25) is 0 Å². The van der Waals surface area contributed by atoms with Gasteiger partial charge >= 0.3 is 0 Å². The summed E-state index contributed by atoms with van der Waals surface area (Å²) in [5, 5.41) is 10.4. The van der Waals surface area contributed by atoms with Crippen molar-refractivity contribution >= 4 is 23.6 Å². The van der Waals surface area contributed by atoms with Gasteiger partial charge in [0, 0.05) is 57.2 Å². The molecule has 11 heteroatoms. The van der Waals surface area contributed by atoms with Crippen molar-refractivity contribution in [2.24, 2.45) is 22.7 Å². The number of aromatic nitrogens is 2. The summed E-state index contributed by atoms with van der Waals surface area (Å²) in [6, 6.07) is 8.67. The van der Waals surface area contributed by atoms with Gasteiger partial charge in [-0.2, -0.15) is 5.10 Å². The molecule has 1 spiro atoms. The van der Waals surface area contributed by atoms with Gasteiger partial charge in [-0.05, 0) is 43.1 Å². The molecule has 0 radical (unpaired) electrons. The highest BCUT2D eigenvalue weighted by molar-refractivity contribution is 5.94. The molecule has 254 valence electrons. The van der Waals surface area contributed by atoms with Crippen LogP contribution >= 0.6 is 0 Å². The Labute approximate surface area is 277 Å². The summed E-state index contributed by atoms with van der Waals surface area (Å²) >= 11 is 0. The Morgan fingerprint density at radius 1 is 1.02 bits per heavy atom. The summed E-state index contributed by atoms with van der Waals surface area (Å²) in [6.45, 7) is 10.2. The number of carbonyl (C=O) groups is 4. The zero-order valence-electron chi connectivity index (χ0n) is 28.2. The molecule has 1 aromatic heterocycles. The molecule has 47 heavy (non-hydrogen) atoms. The molecular weight excluding hydrogens is 596 g/mol. The lowest BCUT2D eigenvalue weighted by molar-refractivity contribution is -0.147. The van der Waals surface area contributed by atoms with Gasteiger partial charge in [0.1, 0.15) is 6.04 Å². The molecule has 6 rings (SSSR count). The quantitative estimate of drug-likeness (QED) is 0.386. The molecule has 2 saturated carbocycles. The Kier molecular flexibility index (Phi) is 9.47. The zero-order chi connectivity index (χ0) is 33.3. The van der Waals surface area contributed by atoms with E-state index in [4.69, 9.17) is 4.74 Å². The fraction of sp³-hybridized carbons (Fsp3) is 0.639.